The molecule has 0 aromatic heterocycles. The molecule has 0 heterocycles. The second-order valence-electron chi connectivity index (χ2n) is 18.2. The van der Waals surface area contributed by atoms with E-state index in [0.29, 0.717) is 4.75 Å². The Hall–Kier alpha value is 0.350. The summed E-state index contributed by atoms with van der Waals surface area (Å²) >= 11 is 6.30. The minimum atomic E-state index is 0.625. The molecule has 0 aliphatic heterocycles. The van der Waals surface area contributed by atoms with E-state index in [4.69, 9.17) is 12.6 Å². The van der Waals surface area contributed by atoms with Gasteiger partial charge in [-0.15, -0.1) is 0 Å². The molecular formula is C30H26S. The topological polar surface area (TPSA) is 0 Å². The van der Waals surface area contributed by atoms with Crippen LogP contribution in [0.1, 0.15) is 25.7 Å². The van der Waals surface area contributed by atoms with Gasteiger partial charge in [0.15, 0.2) is 0 Å². The lowest BCUT2D eigenvalue weighted by Crippen LogP contribution is -3.42. The first kappa shape index (κ1) is 12.4. The Labute approximate surface area is 186 Å². The van der Waals surface area contributed by atoms with Gasteiger partial charge in [-0.25, -0.2) is 0 Å². The van der Waals surface area contributed by atoms with Crippen molar-refractivity contribution in [2.75, 3.05) is 0 Å². The van der Waals surface area contributed by atoms with Crippen molar-refractivity contribution in [3.8, 4) is 0 Å². The van der Waals surface area contributed by atoms with Gasteiger partial charge in [-0.05, 0) is 159 Å². The van der Waals surface area contributed by atoms with Crippen molar-refractivity contribution in [3.63, 3.8) is 0 Å². The maximum absolute atomic E-state index is 6.30. The highest BCUT2D eigenvalue weighted by Crippen LogP contribution is 3.43. The van der Waals surface area contributed by atoms with Crippen LogP contribution in [0.2, 0.25) is 0 Å². The summed E-state index contributed by atoms with van der Waals surface area (Å²) in [5, 5.41) is 0. The van der Waals surface area contributed by atoms with Crippen LogP contribution in [-0.2, 0) is 0 Å². The van der Waals surface area contributed by atoms with Crippen molar-refractivity contribution < 1.29 is 0 Å². The lowest BCUT2D eigenvalue weighted by atomic mass is 8.61. The van der Waals surface area contributed by atoms with Gasteiger partial charge in [0.05, 0.1) is 0 Å². The maximum atomic E-state index is 6.30. The van der Waals surface area contributed by atoms with Crippen molar-refractivity contribution in [2.45, 2.75) is 30.4 Å². The fraction of sp³-hybridized carbons (Fsp3) is 1.00. The Bertz CT molecular complexity index is 1470. The van der Waals surface area contributed by atoms with Crippen LogP contribution >= 0.6 is 12.6 Å². The number of hydrogen-bond acceptors (Lipinski definition) is 1. The summed E-state index contributed by atoms with van der Waals surface area (Å²) < 4.78 is 0.625. The van der Waals surface area contributed by atoms with Gasteiger partial charge in [-0.3, -0.25) is 0 Å². The number of fused-ring (bicyclic) bond motifs is 10. The molecule has 18 saturated carbocycles. The van der Waals surface area contributed by atoms with Gasteiger partial charge in [-0.1, -0.05) is 0 Å². The predicted molar refractivity (Wildman–Crippen MR) is 109 cm³/mol. The number of thiol groups is 1. The van der Waals surface area contributed by atoms with Gasteiger partial charge < -0.3 is 0 Å². The van der Waals surface area contributed by atoms with Crippen LogP contribution in [0.25, 0.3) is 0 Å². The third-order valence-corrected chi connectivity index (χ3v) is 23.7. The summed E-state index contributed by atoms with van der Waals surface area (Å²) in [6, 6.07) is 0. The van der Waals surface area contributed by atoms with E-state index in [9.17, 15) is 0 Å². The Morgan fingerprint density at radius 1 is 0.516 bits per heavy atom. The van der Waals surface area contributed by atoms with Crippen LogP contribution in [0.3, 0.4) is 0 Å². The molecule has 0 radical (unpaired) electrons. The van der Waals surface area contributed by atoms with E-state index in [2.05, 4.69) is 0 Å². The van der Waals surface area contributed by atoms with Crippen LogP contribution in [0.4, 0.5) is 0 Å². The van der Waals surface area contributed by atoms with Gasteiger partial charge in [0.1, 0.15) is 0 Å². The van der Waals surface area contributed by atoms with Crippen molar-refractivity contribution in [1.82, 2.24) is 0 Å². The number of rotatable bonds is 0. The fourth-order valence-corrected chi connectivity index (χ4v) is 27.8. The van der Waals surface area contributed by atoms with Crippen LogP contribution in [-0.4, -0.2) is 4.75 Å². The minimum absolute atomic E-state index is 0.625. The average molecular weight is 419 g/mol. The van der Waals surface area contributed by atoms with Crippen molar-refractivity contribution in [1.29, 1.82) is 0 Å². The molecule has 18 aliphatic carbocycles. The molecule has 152 valence electrons. The van der Waals surface area contributed by atoms with Crippen LogP contribution in [0, 0.1) is 144 Å². The average Bonchev–Trinajstić information content (AvgIpc) is 2.65. The van der Waals surface area contributed by atoms with E-state index in [0.717, 1.165) is 43.3 Å². The summed E-state index contributed by atoms with van der Waals surface area (Å²) in [5.41, 5.74) is 7.74. The Morgan fingerprint density at radius 3 is 2.19 bits per heavy atom. The first-order valence-corrected chi connectivity index (χ1v) is 15.4. The van der Waals surface area contributed by atoms with E-state index in [1.807, 2.05) is 0 Å². The highest BCUT2D eigenvalue weighted by molar-refractivity contribution is 7.82. The molecule has 18 fully saturated rings. The summed E-state index contributed by atoms with van der Waals surface area (Å²) in [6.07, 6.45) is 6.96. The molecule has 1 heteroatoms. The number of hydrogen-bond donors (Lipinski definition) is 1. The van der Waals surface area contributed by atoms with Crippen LogP contribution < -0.4 is 0 Å². The zero-order chi connectivity index (χ0) is 18.1. The molecule has 0 bridgehead atoms. The molecule has 31 heavy (non-hydrogen) atoms. The van der Waals surface area contributed by atoms with E-state index in [1.54, 1.807) is 25.7 Å². The highest BCUT2D eigenvalue weighted by Gasteiger charge is 3.42. The van der Waals surface area contributed by atoms with Gasteiger partial charge in [0, 0.05) is 15.6 Å². The maximum Gasteiger partial charge on any atom is 0.0310 e. The smallest absolute Gasteiger partial charge is 0.0310 e. The Balaban J connectivity index is 1.10. The molecule has 0 aromatic carbocycles. The molecule has 0 nitrogen and oxygen atoms in total. The molecule has 0 aromatic rings. The third kappa shape index (κ3) is 0.380. The molecule has 0 amide bonds. The SMILES string of the molecule is SC12C3C4C5CC6C5C5C6C6CC7C8C9C%10CC%11C%12C%13CC%14C4C34C%14%13C%123C%11%10C9(C81C675)C243. The third-order valence-electron chi connectivity index (χ3n) is 22.7. The van der Waals surface area contributed by atoms with Crippen LogP contribution in [0.5, 0.6) is 0 Å². The van der Waals surface area contributed by atoms with E-state index >= 15 is 0 Å². The van der Waals surface area contributed by atoms with Gasteiger partial charge in [0.2, 0.25) is 0 Å². The standard InChI is InChI=1S/C30H26S/c31-29-21-15-6-1-5-13(6)20-14(5)7-2-8-18-19-12-4-10-16-9-3-11-17(15)25(21)23(9,11)27(16)24(10,12)28(19,30(25,27)29)26(18,29)22(7,8)20/h5-21,31H,1-4H2. The van der Waals surface area contributed by atoms with Crippen molar-refractivity contribution in [2.24, 2.45) is 144 Å². The predicted octanol–water partition coefficient (Wildman–Crippen LogP) is 3.83. The monoisotopic (exact) mass is 418 g/mol. The molecular weight excluding hydrogens is 392 g/mol. The summed E-state index contributed by atoms with van der Waals surface area (Å²) in [4.78, 5) is 0. The van der Waals surface area contributed by atoms with Gasteiger partial charge in [-0.2, -0.15) is 12.6 Å². The fourth-order valence-electron chi connectivity index (χ4n) is 26.4. The van der Waals surface area contributed by atoms with Crippen LogP contribution in [0.15, 0.2) is 0 Å². The molecule has 18 rings (SSSR count). The lowest BCUT2D eigenvalue weighted by Gasteiger charge is -3.42. The molecule has 0 saturated heterocycles. The molecule has 8 spiro atoms. The largest absolute Gasteiger partial charge is 0.171 e. The zero-order valence-corrected chi connectivity index (χ0v) is 18.5. The summed E-state index contributed by atoms with van der Waals surface area (Å²) in [7, 11) is 0. The highest BCUT2D eigenvalue weighted by atomic mass is 32.1. The lowest BCUT2D eigenvalue weighted by molar-refractivity contribution is -0.952. The summed E-state index contributed by atoms with van der Waals surface area (Å²) in [5.74, 6) is 21.5. The Kier molecular flexibility index (Phi) is 0.871. The molecule has 26 atom stereocenters. The normalized spacial score (nSPS) is 118. The molecule has 18 aliphatic rings. The first-order valence-electron chi connectivity index (χ1n) is 15.0. The summed E-state index contributed by atoms with van der Waals surface area (Å²) in [6.45, 7) is 0. The quantitative estimate of drug-likeness (QED) is 0.568. The van der Waals surface area contributed by atoms with Crippen molar-refractivity contribution in [3.05, 3.63) is 0 Å². The molecule has 26 unspecified atom stereocenters. The van der Waals surface area contributed by atoms with Gasteiger partial charge >= 0.3 is 0 Å². The first-order chi connectivity index (χ1) is 15.3. The van der Waals surface area contributed by atoms with Gasteiger partial charge in [0.25, 0.3) is 0 Å². The second kappa shape index (κ2) is 2.19. The molecule has 0 N–H and O–H groups in total. The van der Waals surface area contributed by atoms with E-state index in [1.165, 1.54) is 101 Å². The van der Waals surface area contributed by atoms with Crippen molar-refractivity contribution >= 4 is 12.6 Å². The zero-order valence-electron chi connectivity index (χ0n) is 17.6. The van der Waals surface area contributed by atoms with E-state index in [-0.39, 0.29) is 0 Å². The second-order valence-corrected chi connectivity index (χ2v) is 18.9. The Morgan fingerprint density at radius 2 is 1.26 bits per heavy atom. The minimum Gasteiger partial charge on any atom is -0.171 e. The van der Waals surface area contributed by atoms with E-state index < -0.39 is 0 Å².